The monoisotopic (exact) mass is 247 g/mol. The molecule has 4 heteroatoms. The Morgan fingerprint density at radius 3 is 3.00 bits per heavy atom. The number of allylic oxidation sites excluding steroid dienone is 4. The minimum absolute atomic E-state index is 0.0558. The van der Waals surface area contributed by atoms with E-state index in [0.717, 1.165) is 0 Å². The number of nitrogens with zero attached hydrogens (tertiary/aromatic N) is 2. The molecule has 0 bridgehead atoms. The molecule has 1 heterocycles. The minimum Gasteiger partial charge on any atom is -0.338 e. The predicted octanol–water partition coefficient (Wildman–Crippen LogP) is 1.36. The van der Waals surface area contributed by atoms with Crippen molar-refractivity contribution in [1.82, 2.24) is 9.97 Å². The maximum absolute atomic E-state index is 11.4. The van der Waals surface area contributed by atoms with Crippen LogP contribution in [0.2, 0.25) is 0 Å². The molecule has 90 valence electrons. The molecule has 19 heavy (non-hydrogen) atoms. The van der Waals surface area contributed by atoms with E-state index in [4.69, 9.17) is 11.7 Å². The van der Waals surface area contributed by atoms with Crippen molar-refractivity contribution in [3.63, 3.8) is 0 Å². The summed E-state index contributed by atoms with van der Waals surface area (Å²) in [7, 11) is 0. The van der Waals surface area contributed by atoms with Crippen LogP contribution in [0.1, 0.15) is 12.2 Å². The van der Waals surface area contributed by atoms with Crippen molar-refractivity contribution in [3.8, 4) is 30.3 Å². The first-order valence-electron chi connectivity index (χ1n) is 5.52. The molecule has 1 aliphatic carbocycles. The fourth-order valence-electron chi connectivity index (χ4n) is 1.64. The van der Waals surface area contributed by atoms with Crippen LogP contribution in [0.4, 0.5) is 0 Å². The van der Waals surface area contributed by atoms with Gasteiger partial charge in [-0.15, -0.1) is 6.42 Å². The molecule has 0 saturated heterocycles. The Morgan fingerprint density at radius 1 is 1.53 bits per heavy atom. The van der Waals surface area contributed by atoms with Gasteiger partial charge in [-0.3, -0.25) is 4.79 Å². The van der Waals surface area contributed by atoms with E-state index in [9.17, 15) is 4.79 Å². The van der Waals surface area contributed by atoms with Crippen molar-refractivity contribution in [3.05, 3.63) is 42.0 Å². The Hall–Kier alpha value is -3.03. The van der Waals surface area contributed by atoms with Crippen molar-refractivity contribution in [1.29, 1.82) is 5.26 Å². The molecule has 4 nitrogen and oxygen atoms in total. The van der Waals surface area contributed by atoms with Crippen LogP contribution in [0.15, 0.2) is 36.2 Å². The molecule has 0 aliphatic heterocycles. The number of carbonyl (C=O) groups is 1. The maximum atomic E-state index is 11.4. The SMILES string of the molecule is C#CC1(CC#Cc2ncc[nH]2)C=CC(=O)C(C#N)=C1. The van der Waals surface area contributed by atoms with Crippen molar-refractivity contribution < 1.29 is 4.79 Å². The highest BCUT2D eigenvalue weighted by atomic mass is 16.1. The van der Waals surface area contributed by atoms with Crippen LogP contribution in [-0.4, -0.2) is 15.8 Å². The lowest BCUT2D eigenvalue weighted by atomic mass is 9.79. The molecule has 0 saturated carbocycles. The summed E-state index contributed by atoms with van der Waals surface area (Å²) in [5.41, 5.74) is -0.751. The van der Waals surface area contributed by atoms with Gasteiger partial charge in [-0.05, 0) is 18.1 Å². The standard InChI is InChI=1S/C15H9N3O/c1-2-15(6-3-4-14-17-8-9-18-14)7-5-13(19)12(10-15)11-16/h1,5,7-10H,6H2,(H,17,18). The highest BCUT2D eigenvalue weighted by molar-refractivity contribution is 6.08. The molecule has 1 atom stereocenters. The first-order chi connectivity index (χ1) is 9.19. The van der Waals surface area contributed by atoms with Crippen LogP contribution in [0.25, 0.3) is 0 Å². The van der Waals surface area contributed by atoms with Gasteiger partial charge in [0.05, 0.1) is 11.0 Å². The average molecular weight is 247 g/mol. The Kier molecular flexibility index (Phi) is 3.33. The average Bonchev–Trinajstić information content (AvgIpc) is 2.94. The lowest BCUT2D eigenvalue weighted by molar-refractivity contribution is -0.111. The number of hydrogen-bond donors (Lipinski definition) is 1. The number of nitrogens with one attached hydrogen (secondary N) is 1. The Morgan fingerprint density at radius 2 is 2.37 bits per heavy atom. The number of terminal acetylenes is 1. The van der Waals surface area contributed by atoms with E-state index < -0.39 is 5.41 Å². The van der Waals surface area contributed by atoms with Gasteiger partial charge in [0.15, 0.2) is 11.6 Å². The number of ketones is 1. The minimum atomic E-state index is -0.807. The van der Waals surface area contributed by atoms with Gasteiger partial charge in [0, 0.05) is 18.8 Å². The number of nitriles is 1. The van der Waals surface area contributed by atoms with E-state index in [2.05, 4.69) is 27.7 Å². The number of aromatic nitrogens is 2. The molecule has 0 spiro atoms. The van der Waals surface area contributed by atoms with E-state index in [1.54, 1.807) is 18.5 Å². The van der Waals surface area contributed by atoms with Crippen molar-refractivity contribution in [2.75, 3.05) is 0 Å². The molecular formula is C15H9N3O. The summed E-state index contributed by atoms with van der Waals surface area (Å²) in [6.45, 7) is 0. The summed E-state index contributed by atoms with van der Waals surface area (Å²) in [6, 6.07) is 1.84. The fourth-order valence-corrected chi connectivity index (χ4v) is 1.64. The Bertz CT molecular complexity index is 699. The summed E-state index contributed by atoms with van der Waals surface area (Å²) in [5.74, 6) is 8.54. The quantitative estimate of drug-likeness (QED) is 0.762. The van der Waals surface area contributed by atoms with E-state index >= 15 is 0 Å². The highest BCUT2D eigenvalue weighted by Gasteiger charge is 2.27. The van der Waals surface area contributed by atoms with E-state index in [1.807, 2.05) is 6.07 Å². The third kappa shape index (κ3) is 2.63. The first kappa shape index (κ1) is 12.4. The van der Waals surface area contributed by atoms with Gasteiger partial charge in [0.2, 0.25) is 0 Å². The van der Waals surface area contributed by atoms with Gasteiger partial charge in [0.25, 0.3) is 0 Å². The maximum Gasteiger partial charge on any atom is 0.195 e. The van der Waals surface area contributed by atoms with Crippen molar-refractivity contribution in [2.24, 2.45) is 5.41 Å². The fraction of sp³-hybridized carbons (Fsp3) is 0.133. The molecule has 0 aromatic carbocycles. The largest absolute Gasteiger partial charge is 0.338 e. The van der Waals surface area contributed by atoms with Gasteiger partial charge in [-0.1, -0.05) is 17.9 Å². The predicted molar refractivity (Wildman–Crippen MR) is 69.2 cm³/mol. The lowest BCUT2D eigenvalue weighted by Crippen LogP contribution is -2.18. The second-order valence-corrected chi connectivity index (χ2v) is 3.97. The Balaban J connectivity index is 2.24. The zero-order chi connectivity index (χ0) is 13.7. The number of rotatable bonds is 1. The van der Waals surface area contributed by atoms with Gasteiger partial charge in [0.1, 0.15) is 6.07 Å². The van der Waals surface area contributed by atoms with Crippen LogP contribution < -0.4 is 0 Å². The summed E-state index contributed by atoms with van der Waals surface area (Å²) < 4.78 is 0. The van der Waals surface area contributed by atoms with Gasteiger partial charge < -0.3 is 4.98 Å². The van der Waals surface area contributed by atoms with Crippen LogP contribution in [0.3, 0.4) is 0 Å². The van der Waals surface area contributed by atoms with Gasteiger partial charge in [-0.25, -0.2) is 4.98 Å². The number of carbonyl (C=O) groups excluding carboxylic acids is 1. The molecule has 1 aromatic rings. The Labute approximate surface area is 110 Å². The highest BCUT2D eigenvalue weighted by Crippen LogP contribution is 2.29. The summed E-state index contributed by atoms with van der Waals surface area (Å²) in [4.78, 5) is 18.2. The summed E-state index contributed by atoms with van der Waals surface area (Å²) >= 11 is 0. The molecule has 1 aliphatic rings. The summed E-state index contributed by atoms with van der Waals surface area (Å²) in [6.07, 6.45) is 13.5. The number of H-pyrrole nitrogens is 1. The smallest absolute Gasteiger partial charge is 0.195 e. The third-order valence-corrected chi connectivity index (χ3v) is 2.67. The molecule has 1 N–H and O–H groups in total. The molecule has 1 aromatic heterocycles. The van der Waals surface area contributed by atoms with Crippen LogP contribution in [0.5, 0.6) is 0 Å². The number of imidazole rings is 1. The molecule has 0 fully saturated rings. The molecule has 2 rings (SSSR count). The topological polar surface area (TPSA) is 69.5 Å². The van der Waals surface area contributed by atoms with Crippen LogP contribution in [0, 0.1) is 40.9 Å². The second kappa shape index (κ2) is 5.08. The lowest BCUT2D eigenvalue weighted by Gasteiger charge is -2.20. The number of hydrogen-bond acceptors (Lipinski definition) is 3. The number of aromatic amines is 1. The van der Waals surface area contributed by atoms with E-state index in [-0.39, 0.29) is 11.4 Å². The first-order valence-corrected chi connectivity index (χ1v) is 5.52. The van der Waals surface area contributed by atoms with Crippen LogP contribution in [-0.2, 0) is 4.79 Å². The molecule has 0 amide bonds. The second-order valence-electron chi connectivity index (χ2n) is 3.97. The van der Waals surface area contributed by atoms with Gasteiger partial charge >= 0.3 is 0 Å². The van der Waals surface area contributed by atoms with Crippen molar-refractivity contribution >= 4 is 5.78 Å². The molecule has 1 unspecified atom stereocenters. The zero-order valence-corrected chi connectivity index (χ0v) is 9.97. The molecule has 0 radical (unpaired) electrons. The third-order valence-electron chi connectivity index (χ3n) is 2.67. The normalized spacial score (nSPS) is 20.7. The summed E-state index contributed by atoms with van der Waals surface area (Å²) in [5, 5.41) is 8.87. The van der Waals surface area contributed by atoms with E-state index in [0.29, 0.717) is 12.2 Å². The van der Waals surface area contributed by atoms with Crippen molar-refractivity contribution in [2.45, 2.75) is 6.42 Å². The van der Waals surface area contributed by atoms with E-state index in [1.165, 1.54) is 12.2 Å². The molecular weight excluding hydrogens is 238 g/mol. The zero-order valence-electron chi connectivity index (χ0n) is 9.97. The van der Waals surface area contributed by atoms with Crippen LogP contribution >= 0.6 is 0 Å². The van der Waals surface area contributed by atoms with Gasteiger partial charge in [-0.2, -0.15) is 5.26 Å².